The van der Waals surface area contributed by atoms with Gasteiger partial charge in [-0.1, -0.05) is 22.9 Å². The summed E-state index contributed by atoms with van der Waals surface area (Å²) >= 11 is 3.61. The van der Waals surface area contributed by atoms with Gasteiger partial charge in [0.25, 0.3) is 0 Å². The van der Waals surface area contributed by atoms with Crippen molar-refractivity contribution in [2.75, 3.05) is 13.2 Å². The zero-order valence-electron chi connectivity index (χ0n) is 10.8. The third-order valence-corrected chi connectivity index (χ3v) is 4.18. The summed E-state index contributed by atoms with van der Waals surface area (Å²) in [5.74, 6) is 1.81. The van der Waals surface area contributed by atoms with Crippen LogP contribution in [-0.4, -0.2) is 19.2 Å². The van der Waals surface area contributed by atoms with Gasteiger partial charge in [0.05, 0.1) is 6.61 Å². The van der Waals surface area contributed by atoms with Crippen molar-refractivity contribution in [1.29, 1.82) is 0 Å². The Morgan fingerprint density at radius 1 is 1.44 bits per heavy atom. The molecule has 2 aliphatic rings. The van der Waals surface area contributed by atoms with Crippen molar-refractivity contribution in [3.05, 3.63) is 27.7 Å². The zero-order valence-corrected chi connectivity index (χ0v) is 12.4. The van der Waals surface area contributed by atoms with Crippen LogP contribution in [0.4, 0.5) is 0 Å². The van der Waals surface area contributed by atoms with Crippen molar-refractivity contribution in [2.24, 2.45) is 5.92 Å². The summed E-state index contributed by atoms with van der Waals surface area (Å²) in [4.78, 5) is 0. The summed E-state index contributed by atoms with van der Waals surface area (Å²) in [6.45, 7) is 4.27. The van der Waals surface area contributed by atoms with E-state index in [0.29, 0.717) is 5.92 Å². The molecule has 0 radical (unpaired) electrons. The van der Waals surface area contributed by atoms with E-state index in [4.69, 9.17) is 4.74 Å². The number of benzene rings is 1. The molecule has 1 heterocycles. The first-order valence-electron chi connectivity index (χ1n) is 6.90. The Morgan fingerprint density at radius 2 is 2.28 bits per heavy atom. The fourth-order valence-corrected chi connectivity index (χ4v) is 3.15. The van der Waals surface area contributed by atoms with Crippen LogP contribution in [0.2, 0.25) is 0 Å². The summed E-state index contributed by atoms with van der Waals surface area (Å²) in [6, 6.07) is 5.22. The Morgan fingerprint density at radius 3 is 3.06 bits per heavy atom. The smallest absolute Gasteiger partial charge is 0.125 e. The third-order valence-electron chi connectivity index (χ3n) is 3.73. The maximum absolute atomic E-state index is 5.78. The minimum Gasteiger partial charge on any atom is -0.493 e. The molecule has 1 atom stereocenters. The maximum Gasteiger partial charge on any atom is 0.125 e. The Hall–Kier alpha value is -0.540. The lowest BCUT2D eigenvalue weighted by molar-refractivity contribution is 0.351. The molecule has 3 rings (SSSR count). The highest BCUT2D eigenvalue weighted by molar-refractivity contribution is 9.10. The van der Waals surface area contributed by atoms with Gasteiger partial charge < -0.3 is 10.1 Å². The van der Waals surface area contributed by atoms with Gasteiger partial charge >= 0.3 is 0 Å². The molecule has 1 aliphatic carbocycles. The molecule has 18 heavy (non-hydrogen) atoms. The third kappa shape index (κ3) is 2.89. The van der Waals surface area contributed by atoms with Crippen molar-refractivity contribution < 1.29 is 4.74 Å². The molecule has 1 fully saturated rings. The number of ether oxygens (including phenoxy) is 1. The number of hydrogen-bond acceptors (Lipinski definition) is 2. The molecule has 1 saturated carbocycles. The van der Waals surface area contributed by atoms with Gasteiger partial charge in [0.15, 0.2) is 0 Å². The molecule has 3 heteroatoms. The second-order valence-corrected chi connectivity index (χ2v) is 6.56. The van der Waals surface area contributed by atoms with Gasteiger partial charge in [-0.25, -0.2) is 0 Å². The first-order chi connectivity index (χ1) is 8.72. The number of nitrogens with one attached hydrogen (secondary N) is 1. The lowest BCUT2D eigenvalue weighted by Gasteiger charge is -2.15. The summed E-state index contributed by atoms with van der Waals surface area (Å²) in [7, 11) is 0. The van der Waals surface area contributed by atoms with Crippen LogP contribution >= 0.6 is 15.9 Å². The van der Waals surface area contributed by atoms with Crippen LogP contribution < -0.4 is 10.1 Å². The molecule has 1 N–H and O–H groups in total. The first kappa shape index (κ1) is 12.5. The number of rotatable bonds is 5. The van der Waals surface area contributed by atoms with Gasteiger partial charge in [-0.05, 0) is 55.0 Å². The lowest BCUT2D eigenvalue weighted by Crippen LogP contribution is -2.24. The largest absolute Gasteiger partial charge is 0.493 e. The predicted molar refractivity (Wildman–Crippen MR) is 77.2 cm³/mol. The summed E-state index contributed by atoms with van der Waals surface area (Å²) in [5.41, 5.74) is 2.73. The molecule has 1 aromatic carbocycles. The second-order valence-electron chi connectivity index (χ2n) is 5.64. The van der Waals surface area contributed by atoms with E-state index in [0.717, 1.165) is 37.8 Å². The Labute approximate surface area is 117 Å². The monoisotopic (exact) mass is 309 g/mol. The van der Waals surface area contributed by atoms with Gasteiger partial charge in [-0.3, -0.25) is 0 Å². The summed E-state index contributed by atoms with van der Waals surface area (Å²) in [6.07, 6.45) is 4.88. The molecule has 1 aromatic rings. The average Bonchev–Trinajstić information content (AvgIpc) is 3.04. The van der Waals surface area contributed by atoms with E-state index in [9.17, 15) is 0 Å². The molecule has 0 amide bonds. The molecule has 1 aliphatic heterocycles. The molecule has 98 valence electrons. The van der Waals surface area contributed by atoms with Crippen molar-refractivity contribution >= 4 is 15.9 Å². The fraction of sp³-hybridized carbons (Fsp3) is 0.600. The highest BCUT2D eigenvalue weighted by Gasteiger charge is 2.22. The fourth-order valence-electron chi connectivity index (χ4n) is 2.60. The van der Waals surface area contributed by atoms with Gasteiger partial charge in [-0.15, -0.1) is 0 Å². The SMILES string of the molecule is CC(CNC1CC1)Cc1cc(Br)cc2c1OCC2. The van der Waals surface area contributed by atoms with Gasteiger partial charge in [0.1, 0.15) is 5.75 Å². The summed E-state index contributed by atoms with van der Waals surface area (Å²) in [5, 5.41) is 3.61. The highest BCUT2D eigenvalue weighted by atomic mass is 79.9. The zero-order chi connectivity index (χ0) is 12.5. The topological polar surface area (TPSA) is 21.3 Å². The molecule has 0 bridgehead atoms. The Balaban J connectivity index is 1.67. The number of halogens is 1. The van der Waals surface area contributed by atoms with E-state index in [2.05, 4.69) is 40.3 Å². The van der Waals surface area contributed by atoms with Gasteiger partial charge in [-0.2, -0.15) is 0 Å². The number of hydrogen-bond donors (Lipinski definition) is 1. The van der Waals surface area contributed by atoms with Gasteiger partial charge in [0, 0.05) is 16.9 Å². The van der Waals surface area contributed by atoms with E-state index < -0.39 is 0 Å². The van der Waals surface area contributed by atoms with Crippen LogP contribution in [0, 0.1) is 5.92 Å². The predicted octanol–water partition coefficient (Wildman–Crippen LogP) is 3.31. The molecule has 2 nitrogen and oxygen atoms in total. The van der Waals surface area contributed by atoms with Crippen LogP contribution in [0.5, 0.6) is 5.75 Å². The summed E-state index contributed by atoms with van der Waals surface area (Å²) < 4.78 is 6.97. The number of fused-ring (bicyclic) bond motifs is 1. The first-order valence-corrected chi connectivity index (χ1v) is 7.69. The molecule has 0 saturated heterocycles. The normalized spacial score (nSPS) is 19.4. The molecule has 0 spiro atoms. The van der Waals surface area contributed by atoms with Crippen LogP contribution in [0.1, 0.15) is 30.9 Å². The van der Waals surface area contributed by atoms with Crippen molar-refractivity contribution in [2.45, 2.75) is 38.6 Å². The van der Waals surface area contributed by atoms with E-state index in [1.165, 1.54) is 28.4 Å². The quantitative estimate of drug-likeness (QED) is 0.901. The van der Waals surface area contributed by atoms with Crippen LogP contribution in [-0.2, 0) is 12.8 Å². The Bertz CT molecular complexity index is 442. The minimum atomic E-state index is 0.660. The van der Waals surface area contributed by atoms with Crippen LogP contribution in [0.15, 0.2) is 16.6 Å². The standard InChI is InChI=1S/C15H20BrNO/c1-10(9-17-14-2-3-14)6-12-8-13(16)7-11-4-5-18-15(11)12/h7-8,10,14,17H,2-6,9H2,1H3. The second kappa shape index (κ2) is 5.22. The van der Waals surface area contributed by atoms with E-state index in [1.54, 1.807) is 0 Å². The maximum atomic E-state index is 5.78. The van der Waals surface area contributed by atoms with Crippen LogP contribution in [0.25, 0.3) is 0 Å². The molecule has 1 unspecified atom stereocenters. The highest BCUT2D eigenvalue weighted by Crippen LogP contribution is 2.34. The van der Waals surface area contributed by atoms with Gasteiger partial charge in [0.2, 0.25) is 0 Å². The van der Waals surface area contributed by atoms with E-state index in [1.807, 2.05) is 0 Å². The van der Waals surface area contributed by atoms with Crippen molar-refractivity contribution in [3.8, 4) is 5.75 Å². The van der Waals surface area contributed by atoms with Crippen LogP contribution in [0.3, 0.4) is 0 Å². The molecular weight excluding hydrogens is 290 g/mol. The Kier molecular flexibility index (Phi) is 3.62. The average molecular weight is 310 g/mol. The molecular formula is C15H20BrNO. The van der Waals surface area contributed by atoms with E-state index in [-0.39, 0.29) is 0 Å². The van der Waals surface area contributed by atoms with E-state index >= 15 is 0 Å². The minimum absolute atomic E-state index is 0.660. The van der Waals surface area contributed by atoms with Crippen molar-refractivity contribution in [3.63, 3.8) is 0 Å². The van der Waals surface area contributed by atoms with Crippen molar-refractivity contribution in [1.82, 2.24) is 5.32 Å². The molecule has 0 aromatic heterocycles. The lowest BCUT2D eigenvalue weighted by atomic mass is 9.98.